The van der Waals surface area contributed by atoms with Crippen molar-refractivity contribution in [3.05, 3.63) is 60.8 Å². The molecule has 0 rings (SSSR count). The highest BCUT2D eigenvalue weighted by molar-refractivity contribution is 5.71. The Morgan fingerprint density at radius 2 is 0.629 bits per heavy atom. The monoisotopic (exact) mass is 867 g/mol. The topological polar surface area (TPSA) is 78.9 Å². The van der Waals surface area contributed by atoms with Crippen molar-refractivity contribution in [3.63, 3.8) is 0 Å². The summed E-state index contributed by atoms with van der Waals surface area (Å²) < 4.78 is 16.8. The SMILES string of the molecule is CC\C=C/C=C\C=C/C=C\C=C/CCCCCC(=O)OC(COC(=O)CCCCCCCCCCCCCCC)COC(=O)CCCCCCCCCCCCCCCCCC. The van der Waals surface area contributed by atoms with E-state index in [-0.39, 0.29) is 37.5 Å². The minimum Gasteiger partial charge on any atom is -0.462 e. The van der Waals surface area contributed by atoms with Gasteiger partial charge in [0.05, 0.1) is 0 Å². The van der Waals surface area contributed by atoms with E-state index in [0.29, 0.717) is 19.3 Å². The Labute approximate surface area is 383 Å². The molecule has 0 aliphatic rings. The fourth-order valence-corrected chi connectivity index (χ4v) is 7.46. The van der Waals surface area contributed by atoms with Crippen molar-refractivity contribution >= 4 is 17.9 Å². The first-order chi connectivity index (χ1) is 30.5. The minimum absolute atomic E-state index is 0.0882. The van der Waals surface area contributed by atoms with Gasteiger partial charge in [-0.25, -0.2) is 0 Å². The maximum Gasteiger partial charge on any atom is 0.306 e. The van der Waals surface area contributed by atoms with E-state index >= 15 is 0 Å². The molecule has 0 radical (unpaired) electrons. The lowest BCUT2D eigenvalue weighted by Gasteiger charge is -2.18. The van der Waals surface area contributed by atoms with Gasteiger partial charge in [0.15, 0.2) is 6.10 Å². The van der Waals surface area contributed by atoms with Crippen LogP contribution in [0.15, 0.2) is 60.8 Å². The summed E-state index contributed by atoms with van der Waals surface area (Å²) in [6.07, 6.45) is 62.0. The molecule has 0 heterocycles. The van der Waals surface area contributed by atoms with Gasteiger partial charge in [-0.3, -0.25) is 14.4 Å². The smallest absolute Gasteiger partial charge is 0.306 e. The van der Waals surface area contributed by atoms with Crippen LogP contribution in [0.2, 0.25) is 0 Å². The van der Waals surface area contributed by atoms with Crippen molar-refractivity contribution in [3.8, 4) is 0 Å². The Balaban J connectivity index is 4.42. The molecule has 0 N–H and O–H groups in total. The zero-order chi connectivity index (χ0) is 45.1. The van der Waals surface area contributed by atoms with Gasteiger partial charge < -0.3 is 14.2 Å². The quantitative estimate of drug-likeness (QED) is 0.0262. The first-order valence-electron chi connectivity index (χ1n) is 26.4. The zero-order valence-electron chi connectivity index (χ0n) is 40.9. The summed E-state index contributed by atoms with van der Waals surface area (Å²) in [6.45, 7) is 6.48. The van der Waals surface area contributed by atoms with E-state index in [0.717, 1.165) is 64.2 Å². The molecule has 0 saturated carbocycles. The van der Waals surface area contributed by atoms with Crippen LogP contribution in [0, 0.1) is 0 Å². The summed E-state index contributed by atoms with van der Waals surface area (Å²) in [7, 11) is 0. The highest BCUT2D eigenvalue weighted by atomic mass is 16.6. The number of carbonyl (C=O) groups is 3. The molecule has 0 aliphatic heterocycles. The van der Waals surface area contributed by atoms with E-state index in [4.69, 9.17) is 14.2 Å². The van der Waals surface area contributed by atoms with E-state index in [1.807, 2.05) is 48.6 Å². The summed E-state index contributed by atoms with van der Waals surface area (Å²) in [4.78, 5) is 38.0. The number of carbonyl (C=O) groups excluding carboxylic acids is 3. The third-order valence-corrected chi connectivity index (χ3v) is 11.4. The maximum absolute atomic E-state index is 12.8. The van der Waals surface area contributed by atoms with Crippen LogP contribution in [0.1, 0.15) is 258 Å². The molecule has 0 spiro atoms. The number of hydrogen-bond donors (Lipinski definition) is 0. The molecule has 0 aromatic rings. The number of unbranched alkanes of at least 4 members (excludes halogenated alkanes) is 30. The Morgan fingerprint density at radius 3 is 0.984 bits per heavy atom. The van der Waals surface area contributed by atoms with Gasteiger partial charge in [-0.05, 0) is 38.5 Å². The first kappa shape index (κ1) is 59.1. The summed E-state index contributed by atoms with van der Waals surface area (Å²) in [5.41, 5.74) is 0. The van der Waals surface area contributed by atoms with Crippen molar-refractivity contribution in [2.45, 2.75) is 264 Å². The second kappa shape index (κ2) is 50.8. The lowest BCUT2D eigenvalue weighted by molar-refractivity contribution is -0.167. The predicted molar refractivity (Wildman–Crippen MR) is 265 cm³/mol. The van der Waals surface area contributed by atoms with Gasteiger partial charge in [-0.1, -0.05) is 261 Å². The molecular formula is C56H98O6. The standard InChI is InChI=1S/C56H98O6/c1-4-7-10-13-16-19-22-25-27-29-31-34-37-40-43-46-49-55(58)61-52-53(51-60-54(57)48-45-42-39-36-33-30-24-21-18-15-12-9-6-3)62-56(59)50-47-44-41-38-35-32-28-26-23-20-17-14-11-8-5-2/h8,11,14,17,20,23,26,28,32,35,53H,4-7,9-10,12-13,15-16,18-19,21-22,24-25,27,29-31,33-34,36-52H2,1-3H3/b11-8-,17-14-,23-20-,28-26-,35-32-. The number of rotatable bonds is 47. The van der Waals surface area contributed by atoms with Crippen LogP contribution in [-0.4, -0.2) is 37.2 Å². The Morgan fingerprint density at radius 1 is 0.339 bits per heavy atom. The summed E-state index contributed by atoms with van der Waals surface area (Å²) >= 11 is 0. The molecular weight excluding hydrogens is 769 g/mol. The summed E-state index contributed by atoms with van der Waals surface area (Å²) in [5.74, 6) is -0.921. The molecule has 0 saturated heterocycles. The second-order valence-electron chi connectivity index (χ2n) is 17.5. The van der Waals surface area contributed by atoms with Gasteiger partial charge in [0, 0.05) is 19.3 Å². The van der Waals surface area contributed by atoms with Gasteiger partial charge in [0.2, 0.25) is 0 Å². The van der Waals surface area contributed by atoms with Crippen LogP contribution in [0.5, 0.6) is 0 Å². The molecule has 1 atom stereocenters. The fraction of sp³-hybridized carbons (Fsp3) is 0.768. The van der Waals surface area contributed by atoms with Crippen molar-refractivity contribution in [2.24, 2.45) is 0 Å². The fourth-order valence-electron chi connectivity index (χ4n) is 7.46. The summed E-state index contributed by atoms with van der Waals surface area (Å²) in [5, 5.41) is 0. The van der Waals surface area contributed by atoms with E-state index in [1.54, 1.807) is 0 Å². The number of hydrogen-bond acceptors (Lipinski definition) is 6. The number of ether oxygens (including phenoxy) is 3. The lowest BCUT2D eigenvalue weighted by atomic mass is 10.0. The third kappa shape index (κ3) is 48.1. The van der Waals surface area contributed by atoms with Crippen molar-refractivity contribution in [1.82, 2.24) is 0 Å². The van der Waals surface area contributed by atoms with Gasteiger partial charge in [0.25, 0.3) is 0 Å². The van der Waals surface area contributed by atoms with Gasteiger partial charge in [0.1, 0.15) is 13.2 Å². The van der Waals surface area contributed by atoms with E-state index < -0.39 is 6.10 Å². The lowest BCUT2D eigenvalue weighted by Crippen LogP contribution is -2.30. The molecule has 0 fully saturated rings. The van der Waals surface area contributed by atoms with Crippen LogP contribution in [0.4, 0.5) is 0 Å². The van der Waals surface area contributed by atoms with Gasteiger partial charge in [-0.2, -0.15) is 0 Å². The second-order valence-corrected chi connectivity index (χ2v) is 17.5. The van der Waals surface area contributed by atoms with Gasteiger partial charge >= 0.3 is 17.9 Å². The predicted octanol–water partition coefficient (Wildman–Crippen LogP) is 17.3. The maximum atomic E-state index is 12.8. The Kier molecular flexibility index (Phi) is 48.4. The highest BCUT2D eigenvalue weighted by Crippen LogP contribution is 2.16. The molecule has 1 unspecified atom stereocenters. The molecule has 358 valence electrons. The van der Waals surface area contributed by atoms with Gasteiger partial charge in [-0.15, -0.1) is 0 Å². The third-order valence-electron chi connectivity index (χ3n) is 11.4. The van der Waals surface area contributed by atoms with E-state index in [9.17, 15) is 14.4 Å². The molecule has 0 bridgehead atoms. The van der Waals surface area contributed by atoms with Crippen molar-refractivity contribution in [2.75, 3.05) is 13.2 Å². The van der Waals surface area contributed by atoms with Crippen LogP contribution in [0.25, 0.3) is 0 Å². The first-order valence-corrected chi connectivity index (χ1v) is 26.4. The molecule has 62 heavy (non-hydrogen) atoms. The average molecular weight is 867 g/mol. The minimum atomic E-state index is -0.792. The molecule has 6 nitrogen and oxygen atoms in total. The normalized spacial score (nSPS) is 12.5. The van der Waals surface area contributed by atoms with E-state index in [2.05, 4.69) is 32.9 Å². The molecule has 0 aliphatic carbocycles. The van der Waals surface area contributed by atoms with Crippen molar-refractivity contribution < 1.29 is 28.6 Å². The molecule has 6 heteroatoms. The van der Waals surface area contributed by atoms with E-state index in [1.165, 1.54) is 148 Å². The van der Waals surface area contributed by atoms with Crippen LogP contribution >= 0.6 is 0 Å². The Hall–Kier alpha value is -2.89. The highest BCUT2D eigenvalue weighted by Gasteiger charge is 2.19. The Bertz CT molecular complexity index is 1130. The summed E-state index contributed by atoms with van der Waals surface area (Å²) in [6, 6.07) is 0. The molecule has 0 aromatic heterocycles. The van der Waals surface area contributed by atoms with Crippen LogP contribution < -0.4 is 0 Å². The molecule has 0 amide bonds. The van der Waals surface area contributed by atoms with Crippen molar-refractivity contribution in [1.29, 1.82) is 0 Å². The average Bonchev–Trinajstić information content (AvgIpc) is 3.27. The zero-order valence-corrected chi connectivity index (χ0v) is 40.9. The van der Waals surface area contributed by atoms with Crippen LogP contribution in [0.3, 0.4) is 0 Å². The largest absolute Gasteiger partial charge is 0.462 e. The number of allylic oxidation sites excluding steroid dienone is 10. The number of esters is 3. The van der Waals surface area contributed by atoms with Crippen LogP contribution in [-0.2, 0) is 28.6 Å². The molecule has 0 aromatic carbocycles.